The summed E-state index contributed by atoms with van der Waals surface area (Å²) in [5.74, 6) is -1.06. The standard InChI is InChI=1S/C9H8Cl2O3S/c10-6-2-1-5(3-7(6)11)15-8(4-12)9(13)14/h1-3,8,12H,4H2,(H,13,14). The molecular formula is C9H8Cl2O3S. The minimum absolute atomic E-state index is 0.365. The minimum atomic E-state index is -1.06. The molecule has 1 rings (SSSR count). The molecule has 0 bridgehead atoms. The van der Waals surface area contributed by atoms with E-state index in [1.807, 2.05) is 0 Å². The normalized spacial score (nSPS) is 12.5. The zero-order chi connectivity index (χ0) is 11.4. The molecule has 82 valence electrons. The number of hydrogen-bond acceptors (Lipinski definition) is 3. The third kappa shape index (κ3) is 3.57. The van der Waals surface area contributed by atoms with Gasteiger partial charge >= 0.3 is 5.97 Å². The smallest absolute Gasteiger partial charge is 0.319 e. The fourth-order valence-electron chi connectivity index (χ4n) is 0.880. The lowest BCUT2D eigenvalue weighted by Gasteiger charge is -2.08. The maximum atomic E-state index is 10.6. The molecule has 0 aliphatic rings. The third-order valence-electron chi connectivity index (χ3n) is 1.61. The van der Waals surface area contributed by atoms with E-state index in [2.05, 4.69) is 0 Å². The van der Waals surface area contributed by atoms with Crippen LogP contribution < -0.4 is 0 Å². The number of aliphatic hydroxyl groups excluding tert-OH is 1. The van der Waals surface area contributed by atoms with Crippen molar-refractivity contribution in [2.45, 2.75) is 10.1 Å². The van der Waals surface area contributed by atoms with Gasteiger partial charge in [0, 0.05) is 4.90 Å². The van der Waals surface area contributed by atoms with Gasteiger partial charge in [-0.15, -0.1) is 11.8 Å². The predicted octanol–water partition coefficient (Wildman–Crippen LogP) is 2.53. The highest BCUT2D eigenvalue weighted by atomic mass is 35.5. The van der Waals surface area contributed by atoms with Crippen molar-refractivity contribution in [1.82, 2.24) is 0 Å². The van der Waals surface area contributed by atoms with E-state index in [1.165, 1.54) is 0 Å². The number of carboxylic acids is 1. The van der Waals surface area contributed by atoms with Gasteiger partial charge in [-0.3, -0.25) is 4.79 Å². The van der Waals surface area contributed by atoms with Crippen molar-refractivity contribution in [2.24, 2.45) is 0 Å². The number of halogens is 2. The lowest BCUT2D eigenvalue weighted by atomic mass is 10.4. The van der Waals surface area contributed by atoms with Gasteiger partial charge in [-0.2, -0.15) is 0 Å². The van der Waals surface area contributed by atoms with E-state index in [1.54, 1.807) is 18.2 Å². The second-order valence-corrected chi connectivity index (χ2v) is 4.79. The molecule has 1 atom stereocenters. The third-order valence-corrected chi connectivity index (χ3v) is 3.51. The molecule has 0 amide bonds. The van der Waals surface area contributed by atoms with Crippen LogP contribution in [0.5, 0.6) is 0 Å². The van der Waals surface area contributed by atoms with Crippen molar-refractivity contribution < 1.29 is 15.0 Å². The van der Waals surface area contributed by atoms with E-state index in [-0.39, 0.29) is 0 Å². The summed E-state index contributed by atoms with van der Waals surface area (Å²) in [5.41, 5.74) is 0. The average Bonchev–Trinajstić information content (AvgIpc) is 2.19. The van der Waals surface area contributed by atoms with Gasteiger partial charge < -0.3 is 10.2 Å². The summed E-state index contributed by atoms with van der Waals surface area (Å²) in [5, 5.41) is 17.4. The van der Waals surface area contributed by atoms with Gasteiger partial charge in [-0.25, -0.2) is 0 Å². The van der Waals surface area contributed by atoms with E-state index >= 15 is 0 Å². The number of carbonyl (C=O) groups is 1. The molecule has 3 nitrogen and oxygen atoms in total. The van der Waals surface area contributed by atoms with Crippen LogP contribution in [0.2, 0.25) is 10.0 Å². The number of benzene rings is 1. The molecule has 0 radical (unpaired) electrons. The zero-order valence-corrected chi connectivity index (χ0v) is 9.81. The summed E-state index contributed by atoms with van der Waals surface area (Å²) in [7, 11) is 0. The molecule has 0 aliphatic heterocycles. The fraction of sp³-hybridized carbons (Fsp3) is 0.222. The highest BCUT2D eigenvalue weighted by Crippen LogP contribution is 2.30. The summed E-state index contributed by atoms with van der Waals surface area (Å²) >= 11 is 12.5. The number of aliphatic carboxylic acids is 1. The second-order valence-electron chi connectivity index (χ2n) is 2.70. The molecule has 2 N–H and O–H groups in total. The number of thioether (sulfide) groups is 1. The largest absolute Gasteiger partial charge is 0.480 e. The summed E-state index contributed by atoms with van der Waals surface area (Å²) < 4.78 is 0. The Balaban J connectivity index is 2.80. The van der Waals surface area contributed by atoms with Crippen molar-refractivity contribution in [3.8, 4) is 0 Å². The molecule has 1 aromatic rings. The van der Waals surface area contributed by atoms with Crippen molar-refractivity contribution in [1.29, 1.82) is 0 Å². The molecular weight excluding hydrogens is 259 g/mol. The van der Waals surface area contributed by atoms with Crippen molar-refractivity contribution in [2.75, 3.05) is 6.61 Å². The highest BCUT2D eigenvalue weighted by Gasteiger charge is 2.17. The molecule has 0 saturated heterocycles. The molecule has 0 heterocycles. The highest BCUT2D eigenvalue weighted by molar-refractivity contribution is 8.00. The summed E-state index contributed by atoms with van der Waals surface area (Å²) in [4.78, 5) is 11.3. The lowest BCUT2D eigenvalue weighted by Crippen LogP contribution is -2.20. The molecule has 1 aromatic carbocycles. The van der Waals surface area contributed by atoms with E-state index in [4.69, 9.17) is 33.4 Å². The molecule has 0 fully saturated rings. The zero-order valence-electron chi connectivity index (χ0n) is 7.48. The maximum absolute atomic E-state index is 10.6. The van der Waals surface area contributed by atoms with Crippen LogP contribution >= 0.6 is 35.0 Å². The van der Waals surface area contributed by atoms with Crippen LogP contribution in [-0.4, -0.2) is 28.0 Å². The first-order valence-corrected chi connectivity index (χ1v) is 5.63. The van der Waals surface area contributed by atoms with E-state index in [9.17, 15) is 4.79 Å². The number of hydrogen-bond donors (Lipinski definition) is 2. The quantitative estimate of drug-likeness (QED) is 0.823. The van der Waals surface area contributed by atoms with Crippen LogP contribution in [-0.2, 0) is 4.79 Å². The Morgan fingerprint density at radius 2 is 2.07 bits per heavy atom. The van der Waals surface area contributed by atoms with Crippen LogP contribution in [0.25, 0.3) is 0 Å². The van der Waals surface area contributed by atoms with Crippen molar-refractivity contribution in [3.05, 3.63) is 28.2 Å². The van der Waals surface area contributed by atoms with Crippen LogP contribution in [0.3, 0.4) is 0 Å². The van der Waals surface area contributed by atoms with Gasteiger partial charge in [0.05, 0.1) is 16.7 Å². The Labute approximate surface area is 101 Å². The van der Waals surface area contributed by atoms with Crippen molar-refractivity contribution in [3.63, 3.8) is 0 Å². The Kier molecular flexibility index (Phi) is 4.73. The number of aliphatic hydroxyl groups is 1. The van der Waals surface area contributed by atoms with Gasteiger partial charge in [0.15, 0.2) is 0 Å². The van der Waals surface area contributed by atoms with Crippen LogP contribution in [0, 0.1) is 0 Å². The van der Waals surface area contributed by atoms with Crippen LogP contribution in [0.15, 0.2) is 23.1 Å². The molecule has 0 spiro atoms. The van der Waals surface area contributed by atoms with Crippen molar-refractivity contribution >= 4 is 40.9 Å². The molecule has 0 aliphatic carbocycles. The minimum Gasteiger partial charge on any atom is -0.480 e. The summed E-state index contributed by atoms with van der Waals surface area (Å²) in [6, 6.07) is 4.81. The monoisotopic (exact) mass is 266 g/mol. The topological polar surface area (TPSA) is 57.5 Å². The molecule has 15 heavy (non-hydrogen) atoms. The van der Waals surface area contributed by atoms with Crippen LogP contribution in [0.1, 0.15) is 0 Å². The van der Waals surface area contributed by atoms with Gasteiger partial charge in [0.25, 0.3) is 0 Å². The van der Waals surface area contributed by atoms with Gasteiger partial charge in [-0.05, 0) is 18.2 Å². The summed E-state index contributed by atoms with van der Waals surface area (Å²) in [6.07, 6.45) is 0. The Morgan fingerprint density at radius 3 is 2.53 bits per heavy atom. The first-order valence-electron chi connectivity index (χ1n) is 4.00. The average molecular weight is 267 g/mol. The molecule has 0 saturated carbocycles. The Morgan fingerprint density at radius 1 is 1.40 bits per heavy atom. The summed E-state index contributed by atoms with van der Waals surface area (Å²) in [6.45, 7) is -0.430. The second kappa shape index (κ2) is 5.61. The number of carboxylic acid groups (broad SMARTS) is 1. The van der Waals surface area contributed by atoms with Gasteiger partial charge in [0.2, 0.25) is 0 Å². The van der Waals surface area contributed by atoms with E-state index < -0.39 is 17.8 Å². The first kappa shape index (κ1) is 12.6. The number of rotatable bonds is 4. The van der Waals surface area contributed by atoms with E-state index in [0.29, 0.717) is 14.9 Å². The lowest BCUT2D eigenvalue weighted by molar-refractivity contribution is -0.137. The first-order chi connectivity index (χ1) is 7.04. The SMILES string of the molecule is O=C(O)C(CO)Sc1ccc(Cl)c(Cl)c1. The van der Waals surface area contributed by atoms with Gasteiger partial charge in [-0.1, -0.05) is 23.2 Å². The molecule has 6 heteroatoms. The Bertz CT molecular complexity index is 370. The Hall–Kier alpha value is -0.420. The fourth-order valence-corrected chi connectivity index (χ4v) is 2.08. The van der Waals surface area contributed by atoms with Gasteiger partial charge in [0.1, 0.15) is 5.25 Å². The molecule has 1 unspecified atom stereocenters. The van der Waals surface area contributed by atoms with Crippen LogP contribution in [0.4, 0.5) is 0 Å². The maximum Gasteiger partial charge on any atom is 0.319 e. The van der Waals surface area contributed by atoms with E-state index in [0.717, 1.165) is 11.8 Å². The predicted molar refractivity (Wildman–Crippen MR) is 60.8 cm³/mol. The molecule has 0 aromatic heterocycles.